The van der Waals surface area contributed by atoms with Crippen molar-refractivity contribution in [2.75, 3.05) is 0 Å². The van der Waals surface area contributed by atoms with Gasteiger partial charge in [0, 0.05) is 22.7 Å². The third kappa shape index (κ3) is 3.39. The lowest BCUT2D eigenvalue weighted by Crippen LogP contribution is -1.89. The Balaban J connectivity index is 1.78. The van der Waals surface area contributed by atoms with E-state index in [0.717, 1.165) is 27.8 Å². The maximum Gasteiger partial charge on any atom is 0.0992 e. The highest BCUT2D eigenvalue weighted by Crippen LogP contribution is 2.25. The molecule has 2 aromatic heterocycles. The maximum atomic E-state index is 4.74. The number of rotatable bonds is 4. The zero-order valence-corrected chi connectivity index (χ0v) is 14.1. The molecule has 4 heteroatoms. The van der Waals surface area contributed by atoms with Gasteiger partial charge in [-0.1, -0.05) is 38.1 Å². The third-order valence-corrected chi connectivity index (χ3v) is 5.09. The summed E-state index contributed by atoms with van der Waals surface area (Å²) in [4.78, 5) is 9.25. The molecule has 108 valence electrons. The Hall–Kier alpha value is -1.52. The first-order chi connectivity index (χ1) is 10.1. The van der Waals surface area contributed by atoms with Crippen LogP contribution in [0.2, 0.25) is 0 Å². The van der Waals surface area contributed by atoms with Crippen LogP contribution < -0.4 is 0 Å². The SMILES string of the molecule is Cc1nc(Cc2nc(-c3ccc(C(C)C)cc3)cs2)cs1. The van der Waals surface area contributed by atoms with E-state index in [0.29, 0.717) is 5.92 Å². The molecule has 2 nitrogen and oxygen atoms in total. The summed E-state index contributed by atoms with van der Waals surface area (Å²) in [6.07, 6.45) is 0.832. The van der Waals surface area contributed by atoms with Crippen molar-refractivity contribution < 1.29 is 0 Å². The Morgan fingerprint density at radius 3 is 2.38 bits per heavy atom. The third-order valence-electron chi connectivity index (χ3n) is 3.42. The first-order valence-electron chi connectivity index (χ1n) is 7.07. The van der Waals surface area contributed by atoms with Crippen molar-refractivity contribution >= 4 is 22.7 Å². The minimum absolute atomic E-state index is 0.568. The second-order valence-electron chi connectivity index (χ2n) is 5.44. The van der Waals surface area contributed by atoms with Crippen LogP contribution in [-0.2, 0) is 6.42 Å². The van der Waals surface area contributed by atoms with E-state index < -0.39 is 0 Å². The largest absolute Gasteiger partial charge is 0.246 e. The van der Waals surface area contributed by atoms with Gasteiger partial charge in [0.25, 0.3) is 0 Å². The molecule has 0 saturated carbocycles. The van der Waals surface area contributed by atoms with Crippen LogP contribution in [0.25, 0.3) is 11.3 Å². The van der Waals surface area contributed by atoms with Crippen LogP contribution in [0.5, 0.6) is 0 Å². The molecule has 0 spiro atoms. The first-order valence-corrected chi connectivity index (χ1v) is 8.83. The van der Waals surface area contributed by atoms with E-state index in [1.807, 2.05) is 6.92 Å². The van der Waals surface area contributed by atoms with Crippen LogP contribution in [0.4, 0.5) is 0 Å². The monoisotopic (exact) mass is 314 g/mol. The summed E-state index contributed by atoms with van der Waals surface area (Å²) < 4.78 is 0. The number of thiazole rings is 2. The summed E-state index contributed by atoms with van der Waals surface area (Å²) in [6, 6.07) is 8.73. The molecular weight excluding hydrogens is 296 g/mol. The molecule has 0 aliphatic rings. The molecule has 0 unspecified atom stereocenters. The van der Waals surface area contributed by atoms with E-state index in [9.17, 15) is 0 Å². The molecule has 1 aromatic carbocycles. The molecule has 3 rings (SSSR count). The van der Waals surface area contributed by atoms with Gasteiger partial charge in [-0.25, -0.2) is 9.97 Å². The quantitative estimate of drug-likeness (QED) is 0.654. The number of aromatic nitrogens is 2. The summed E-state index contributed by atoms with van der Waals surface area (Å²) in [5, 5.41) is 6.50. The van der Waals surface area contributed by atoms with Crippen LogP contribution >= 0.6 is 22.7 Å². The predicted molar refractivity (Wildman–Crippen MR) is 91.3 cm³/mol. The molecule has 21 heavy (non-hydrogen) atoms. The average Bonchev–Trinajstić information content (AvgIpc) is 3.09. The summed E-state index contributed by atoms with van der Waals surface area (Å²) in [6.45, 7) is 6.47. The zero-order valence-electron chi connectivity index (χ0n) is 12.5. The van der Waals surface area contributed by atoms with Crippen LogP contribution in [0.1, 0.15) is 41.0 Å². The molecule has 0 amide bonds. The highest BCUT2D eigenvalue weighted by molar-refractivity contribution is 7.10. The first kappa shape index (κ1) is 14.4. The van der Waals surface area contributed by atoms with Crippen molar-refractivity contribution in [3.63, 3.8) is 0 Å². The van der Waals surface area contributed by atoms with Gasteiger partial charge in [0.1, 0.15) is 0 Å². The number of nitrogens with zero attached hydrogens (tertiary/aromatic N) is 2. The Bertz CT molecular complexity index is 723. The van der Waals surface area contributed by atoms with E-state index in [-0.39, 0.29) is 0 Å². The molecule has 0 aliphatic carbocycles. The molecule has 2 heterocycles. The summed E-state index contributed by atoms with van der Waals surface area (Å²) in [5.41, 5.74) is 4.74. The second-order valence-corrected chi connectivity index (χ2v) is 7.44. The van der Waals surface area contributed by atoms with Crippen LogP contribution in [-0.4, -0.2) is 9.97 Å². The van der Waals surface area contributed by atoms with Crippen molar-refractivity contribution in [1.29, 1.82) is 0 Å². The molecule has 0 fully saturated rings. The van der Waals surface area contributed by atoms with Crippen molar-refractivity contribution in [2.45, 2.75) is 33.1 Å². The lowest BCUT2D eigenvalue weighted by Gasteiger charge is -2.05. The van der Waals surface area contributed by atoms with Gasteiger partial charge in [-0.2, -0.15) is 0 Å². The van der Waals surface area contributed by atoms with Crippen LogP contribution in [0.3, 0.4) is 0 Å². The Labute approximate surface area is 133 Å². The van der Waals surface area contributed by atoms with Crippen molar-refractivity contribution in [1.82, 2.24) is 9.97 Å². The van der Waals surface area contributed by atoms with Gasteiger partial charge in [0.15, 0.2) is 0 Å². The number of hydrogen-bond acceptors (Lipinski definition) is 4. The van der Waals surface area contributed by atoms with Gasteiger partial charge < -0.3 is 0 Å². The van der Waals surface area contributed by atoms with Crippen LogP contribution in [0.15, 0.2) is 35.0 Å². The Morgan fingerprint density at radius 2 is 1.76 bits per heavy atom. The Morgan fingerprint density at radius 1 is 1.00 bits per heavy atom. The Kier molecular flexibility index (Phi) is 4.17. The van der Waals surface area contributed by atoms with Gasteiger partial charge in [0.05, 0.1) is 21.4 Å². The molecule has 0 saturated heterocycles. The fourth-order valence-electron chi connectivity index (χ4n) is 2.21. The summed E-state index contributed by atoms with van der Waals surface area (Å²) in [7, 11) is 0. The minimum atomic E-state index is 0.568. The van der Waals surface area contributed by atoms with E-state index in [1.54, 1.807) is 22.7 Å². The summed E-state index contributed by atoms with van der Waals surface area (Å²) >= 11 is 3.41. The highest BCUT2D eigenvalue weighted by Gasteiger charge is 2.08. The predicted octanol–water partition coefficient (Wildman–Crippen LogP) is 5.29. The standard InChI is InChI=1S/C17H18N2S2/c1-11(2)13-4-6-14(7-5-13)16-10-21-17(19-16)8-15-9-20-12(3)18-15/h4-7,9-11H,8H2,1-3H3. The van der Waals surface area contributed by atoms with Crippen molar-refractivity contribution in [3.05, 3.63) is 56.3 Å². The molecule has 0 aliphatic heterocycles. The van der Waals surface area contributed by atoms with Crippen LogP contribution in [0, 0.1) is 6.92 Å². The summed E-state index contributed by atoms with van der Waals surface area (Å²) in [5.74, 6) is 0.568. The van der Waals surface area contributed by atoms with Gasteiger partial charge in [0.2, 0.25) is 0 Å². The van der Waals surface area contributed by atoms with Gasteiger partial charge in [-0.15, -0.1) is 22.7 Å². The second kappa shape index (κ2) is 6.08. The van der Waals surface area contributed by atoms with Gasteiger partial charge in [-0.05, 0) is 18.4 Å². The van der Waals surface area contributed by atoms with E-state index in [4.69, 9.17) is 4.98 Å². The van der Waals surface area contributed by atoms with Gasteiger partial charge in [-0.3, -0.25) is 0 Å². The molecule has 3 aromatic rings. The normalized spacial score (nSPS) is 11.2. The average molecular weight is 314 g/mol. The van der Waals surface area contributed by atoms with E-state index in [2.05, 4.69) is 53.9 Å². The van der Waals surface area contributed by atoms with Crippen molar-refractivity contribution in [2.24, 2.45) is 0 Å². The highest BCUT2D eigenvalue weighted by atomic mass is 32.1. The molecule has 0 N–H and O–H groups in total. The van der Waals surface area contributed by atoms with E-state index in [1.165, 1.54) is 11.1 Å². The minimum Gasteiger partial charge on any atom is -0.246 e. The zero-order chi connectivity index (χ0) is 14.8. The molecule has 0 radical (unpaired) electrons. The lowest BCUT2D eigenvalue weighted by atomic mass is 10.0. The molecule has 0 atom stereocenters. The van der Waals surface area contributed by atoms with Gasteiger partial charge >= 0.3 is 0 Å². The number of benzene rings is 1. The lowest BCUT2D eigenvalue weighted by molar-refractivity contribution is 0.867. The maximum absolute atomic E-state index is 4.74. The number of hydrogen-bond donors (Lipinski definition) is 0. The molecular formula is C17H18N2S2. The van der Waals surface area contributed by atoms with E-state index >= 15 is 0 Å². The fraction of sp³-hybridized carbons (Fsp3) is 0.294. The number of aryl methyl sites for hydroxylation is 1. The van der Waals surface area contributed by atoms with Crippen molar-refractivity contribution in [3.8, 4) is 11.3 Å². The smallest absolute Gasteiger partial charge is 0.0992 e. The molecule has 0 bridgehead atoms. The topological polar surface area (TPSA) is 25.8 Å². The fourth-order valence-corrected chi connectivity index (χ4v) is 3.64.